The Kier molecular flexibility index (Phi) is 4.80. The Morgan fingerprint density at radius 2 is 2.00 bits per heavy atom. The van der Waals surface area contributed by atoms with Crippen LogP contribution in [0.2, 0.25) is 0 Å². The van der Waals surface area contributed by atoms with Gasteiger partial charge in [-0.3, -0.25) is 4.68 Å². The summed E-state index contributed by atoms with van der Waals surface area (Å²) in [4.78, 5) is 9.02. The van der Waals surface area contributed by atoms with E-state index in [1.54, 1.807) is 30.1 Å². The third-order valence-electron chi connectivity index (χ3n) is 6.03. The van der Waals surface area contributed by atoms with Crippen molar-refractivity contribution in [3.05, 3.63) is 61.3 Å². The maximum atomic E-state index is 12.6. The van der Waals surface area contributed by atoms with Crippen LogP contribution in [0.1, 0.15) is 6.42 Å². The minimum absolute atomic E-state index is 0.271. The van der Waals surface area contributed by atoms with Crippen molar-refractivity contribution in [3.8, 4) is 23.0 Å². The van der Waals surface area contributed by atoms with Gasteiger partial charge in [-0.25, -0.2) is 22.8 Å². The Bertz CT molecular complexity index is 1450. The summed E-state index contributed by atoms with van der Waals surface area (Å²) in [7, 11) is -0.866. The van der Waals surface area contributed by atoms with E-state index >= 15 is 0 Å². The molecule has 1 aromatic carbocycles. The fourth-order valence-corrected chi connectivity index (χ4v) is 5.32. The van der Waals surface area contributed by atoms with Crippen LogP contribution >= 0.6 is 0 Å². The van der Waals surface area contributed by atoms with Crippen LogP contribution in [0, 0.1) is 11.3 Å². The molecule has 1 aliphatic heterocycles. The minimum Gasteiger partial charge on any atom is -0.301 e. The molecule has 9 nitrogen and oxygen atoms in total. The van der Waals surface area contributed by atoms with Crippen LogP contribution in [0.4, 0.5) is 0 Å². The quantitative estimate of drug-likeness (QED) is 0.469. The van der Waals surface area contributed by atoms with Gasteiger partial charge in [-0.05, 0) is 18.2 Å². The molecular weight excluding hydrogens is 424 g/mol. The summed E-state index contributed by atoms with van der Waals surface area (Å²) >= 11 is 0. The molecule has 0 amide bonds. The van der Waals surface area contributed by atoms with E-state index in [4.69, 9.17) is 0 Å². The second-order valence-electron chi connectivity index (χ2n) is 7.96. The standard InChI is InChI=1S/C22H22N8OS/c1-24-32(2,31)28-14-22(15-28,9-10-23)30-13-17(12-27-30)20-19-8-11-29(21(19)26-16-25-20)18-6-4-3-5-7-18/h3-8,11-13,16H,9,14-15H2,1-2H3. The van der Waals surface area contributed by atoms with E-state index in [2.05, 4.69) is 25.5 Å². The topological polar surface area (TPSA) is 105 Å². The van der Waals surface area contributed by atoms with Gasteiger partial charge in [0.1, 0.15) is 27.4 Å². The average molecular weight is 447 g/mol. The van der Waals surface area contributed by atoms with Crippen molar-refractivity contribution in [1.29, 1.82) is 5.26 Å². The Balaban J connectivity index is 1.52. The highest BCUT2D eigenvalue weighted by Crippen LogP contribution is 2.36. The highest BCUT2D eigenvalue weighted by atomic mass is 32.2. The molecule has 4 heterocycles. The number of fused-ring (bicyclic) bond motifs is 1. The van der Waals surface area contributed by atoms with Crippen molar-refractivity contribution in [1.82, 2.24) is 28.6 Å². The predicted molar refractivity (Wildman–Crippen MR) is 122 cm³/mol. The lowest BCUT2D eigenvalue weighted by Crippen LogP contribution is -2.63. The number of rotatable bonds is 5. The SMILES string of the molecule is CN=S(C)(=O)N1CC(CC#N)(n2cc(-c3ncnc4c3ccn4-c3ccccc3)cn2)C1. The fourth-order valence-electron chi connectivity index (χ4n) is 4.13. The van der Waals surface area contributed by atoms with Crippen LogP contribution in [0.5, 0.6) is 0 Å². The van der Waals surface area contributed by atoms with Crippen LogP contribution in [0.3, 0.4) is 0 Å². The van der Waals surface area contributed by atoms with Crippen LogP contribution in [0.25, 0.3) is 28.0 Å². The fraction of sp³-hybridized carbons (Fsp3) is 0.273. The van der Waals surface area contributed by atoms with Gasteiger partial charge in [0.05, 0.1) is 24.4 Å². The van der Waals surface area contributed by atoms with Gasteiger partial charge >= 0.3 is 0 Å². The molecule has 0 saturated carbocycles. The molecule has 162 valence electrons. The van der Waals surface area contributed by atoms with Crippen LogP contribution in [0.15, 0.2) is 65.7 Å². The smallest absolute Gasteiger partial charge is 0.148 e. The molecule has 0 bridgehead atoms. The number of nitriles is 1. The molecule has 0 radical (unpaired) electrons. The highest BCUT2D eigenvalue weighted by Gasteiger charge is 2.48. The van der Waals surface area contributed by atoms with Gasteiger partial charge in [0.25, 0.3) is 0 Å². The summed E-state index contributed by atoms with van der Waals surface area (Å²) in [6.07, 6.45) is 9.10. The molecule has 1 atom stereocenters. The first-order valence-corrected chi connectivity index (χ1v) is 12.0. The van der Waals surface area contributed by atoms with Gasteiger partial charge in [0.2, 0.25) is 0 Å². The molecule has 0 N–H and O–H groups in total. The molecular formula is C22H22N8OS. The van der Waals surface area contributed by atoms with Crippen LogP contribution < -0.4 is 0 Å². The largest absolute Gasteiger partial charge is 0.301 e. The molecule has 3 aromatic heterocycles. The number of benzene rings is 1. The molecule has 1 saturated heterocycles. The van der Waals surface area contributed by atoms with E-state index in [1.807, 2.05) is 58.0 Å². The highest BCUT2D eigenvalue weighted by molar-refractivity contribution is 7.90. The number of hydrogen-bond donors (Lipinski definition) is 0. The van der Waals surface area contributed by atoms with Crippen molar-refractivity contribution >= 4 is 20.9 Å². The second kappa shape index (κ2) is 7.55. The first-order valence-electron chi connectivity index (χ1n) is 10.1. The molecule has 32 heavy (non-hydrogen) atoms. The third-order valence-corrected chi connectivity index (χ3v) is 7.92. The summed E-state index contributed by atoms with van der Waals surface area (Å²) in [6, 6.07) is 14.3. The Morgan fingerprint density at radius 1 is 1.22 bits per heavy atom. The molecule has 5 rings (SSSR count). The van der Waals surface area contributed by atoms with Gasteiger partial charge in [-0.2, -0.15) is 10.4 Å². The number of nitrogens with zero attached hydrogens (tertiary/aromatic N) is 8. The summed E-state index contributed by atoms with van der Waals surface area (Å²) in [5.74, 6) is 0. The lowest BCUT2D eigenvalue weighted by molar-refractivity contribution is 0.0754. The molecule has 0 aliphatic carbocycles. The van der Waals surface area contributed by atoms with Gasteiger partial charge < -0.3 is 4.57 Å². The maximum absolute atomic E-state index is 12.6. The zero-order valence-electron chi connectivity index (χ0n) is 17.8. The first-order chi connectivity index (χ1) is 15.5. The van der Waals surface area contributed by atoms with Crippen molar-refractivity contribution < 1.29 is 4.21 Å². The van der Waals surface area contributed by atoms with Gasteiger partial charge in [0, 0.05) is 55.4 Å². The number of aromatic nitrogens is 5. The number of hydrogen-bond acceptors (Lipinski definition) is 6. The van der Waals surface area contributed by atoms with E-state index in [1.165, 1.54) is 0 Å². The van der Waals surface area contributed by atoms with Gasteiger partial charge in [-0.1, -0.05) is 18.2 Å². The van der Waals surface area contributed by atoms with Gasteiger partial charge in [0.15, 0.2) is 0 Å². The van der Waals surface area contributed by atoms with E-state index < -0.39 is 15.5 Å². The van der Waals surface area contributed by atoms with E-state index in [-0.39, 0.29) is 6.42 Å². The lowest BCUT2D eigenvalue weighted by atomic mass is 9.89. The van der Waals surface area contributed by atoms with Crippen molar-refractivity contribution in [2.45, 2.75) is 12.0 Å². The van der Waals surface area contributed by atoms with Crippen LogP contribution in [-0.4, -0.2) is 59.2 Å². The Hall–Kier alpha value is -3.55. The summed E-state index contributed by atoms with van der Waals surface area (Å²) in [5.41, 5.74) is 2.93. The zero-order valence-corrected chi connectivity index (χ0v) is 18.6. The summed E-state index contributed by atoms with van der Waals surface area (Å²) < 4.78 is 22.2. The Morgan fingerprint density at radius 3 is 2.72 bits per heavy atom. The average Bonchev–Trinajstić information content (AvgIpc) is 3.44. The second-order valence-corrected chi connectivity index (χ2v) is 10.4. The lowest BCUT2D eigenvalue weighted by Gasteiger charge is -2.48. The maximum Gasteiger partial charge on any atom is 0.148 e. The molecule has 1 fully saturated rings. The van der Waals surface area contributed by atoms with Crippen molar-refractivity contribution in [2.24, 2.45) is 4.36 Å². The summed E-state index contributed by atoms with van der Waals surface area (Å²) in [6.45, 7) is 0.913. The molecule has 0 spiro atoms. The van der Waals surface area contributed by atoms with Crippen LogP contribution in [-0.2, 0) is 15.5 Å². The summed E-state index contributed by atoms with van der Waals surface area (Å²) in [5, 5.41) is 14.9. The molecule has 1 aliphatic rings. The molecule has 4 aromatic rings. The Labute approximate surface area is 186 Å². The zero-order chi connectivity index (χ0) is 22.3. The normalized spacial score (nSPS) is 17.4. The minimum atomic E-state index is -2.42. The molecule has 1 unspecified atom stereocenters. The van der Waals surface area contributed by atoms with Crippen molar-refractivity contribution in [3.63, 3.8) is 0 Å². The van der Waals surface area contributed by atoms with E-state index in [0.717, 1.165) is 28.0 Å². The number of para-hydroxylation sites is 1. The first kappa shape index (κ1) is 20.4. The monoisotopic (exact) mass is 446 g/mol. The third kappa shape index (κ3) is 3.18. The van der Waals surface area contributed by atoms with Gasteiger partial charge in [-0.15, -0.1) is 0 Å². The van der Waals surface area contributed by atoms with E-state index in [9.17, 15) is 9.47 Å². The molecule has 10 heteroatoms. The van der Waals surface area contributed by atoms with E-state index in [0.29, 0.717) is 13.1 Å². The van der Waals surface area contributed by atoms with Crippen molar-refractivity contribution in [2.75, 3.05) is 26.4 Å². The predicted octanol–water partition coefficient (Wildman–Crippen LogP) is 2.85.